The topological polar surface area (TPSA) is 20.7 Å². The van der Waals surface area contributed by atoms with Crippen molar-refractivity contribution in [2.45, 2.75) is 13.8 Å². The molecule has 1 N–H and O–H groups in total. The van der Waals surface area contributed by atoms with Crippen molar-refractivity contribution in [2.24, 2.45) is 0 Å². The highest BCUT2D eigenvalue weighted by molar-refractivity contribution is 7.71. The number of nitrogens with zero attached hydrogens (tertiary/aromatic N) is 1. The number of H-pyrrole nitrogens is 1. The lowest BCUT2D eigenvalue weighted by atomic mass is 10.1. The van der Waals surface area contributed by atoms with E-state index in [-0.39, 0.29) is 0 Å². The highest BCUT2D eigenvalue weighted by Gasteiger charge is 2.10. The van der Waals surface area contributed by atoms with E-state index in [4.69, 9.17) is 35.4 Å². The van der Waals surface area contributed by atoms with Crippen LogP contribution in [0.25, 0.3) is 16.7 Å². The summed E-state index contributed by atoms with van der Waals surface area (Å²) >= 11 is 17.6. The molecule has 0 radical (unpaired) electrons. The maximum atomic E-state index is 6.12. The first-order valence-corrected chi connectivity index (χ1v) is 7.31. The van der Waals surface area contributed by atoms with E-state index in [1.54, 1.807) is 6.07 Å². The summed E-state index contributed by atoms with van der Waals surface area (Å²) in [5.41, 5.74) is 5.29. The van der Waals surface area contributed by atoms with Gasteiger partial charge in [0.05, 0.1) is 21.1 Å². The number of halogens is 2. The van der Waals surface area contributed by atoms with E-state index in [0.29, 0.717) is 14.8 Å². The van der Waals surface area contributed by atoms with Crippen molar-refractivity contribution in [3.63, 3.8) is 0 Å². The minimum absolute atomic E-state index is 0.516. The van der Waals surface area contributed by atoms with Gasteiger partial charge in [0.1, 0.15) is 0 Å². The summed E-state index contributed by atoms with van der Waals surface area (Å²) in [6, 6.07) is 9.88. The Kier molecular flexibility index (Phi) is 3.36. The summed E-state index contributed by atoms with van der Waals surface area (Å²) in [6.45, 7) is 4.17. The molecule has 0 aliphatic heterocycles. The average molecular weight is 323 g/mol. The zero-order valence-electron chi connectivity index (χ0n) is 11.0. The molecule has 0 saturated heterocycles. The van der Waals surface area contributed by atoms with Crippen molar-refractivity contribution >= 4 is 46.5 Å². The Morgan fingerprint density at radius 2 is 1.70 bits per heavy atom. The second kappa shape index (κ2) is 4.92. The molecule has 0 spiro atoms. The summed E-state index contributed by atoms with van der Waals surface area (Å²) < 4.78 is 2.60. The summed E-state index contributed by atoms with van der Waals surface area (Å²) in [7, 11) is 0. The molecule has 3 rings (SSSR count). The average Bonchev–Trinajstić information content (AvgIpc) is 2.69. The molecular formula is C15H12Cl2N2S. The van der Waals surface area contributed by atoms with Crippen LogP contribution in [0.15, 0.2) is 30.3 Å². The minimum atomic E-state index is 0.516. The lowest BCUT2D eigenvalue weighted by molar-refractivity contribution is 1.06. The fraction of sp³-hybridized carbons (Fsp3) is 0.133. The molecule has 0 aliphatic carbocycles. The lowest BCUT2D eigenvalue weighted by Gasteiger charge is -2.08. The van der Waals surface area contributed by atoms with Gasteiger partial charge in [-0.15, -0.1) is 0 Å². The van der Waals surface area contributed by atoms with Gasteiger partial charge in [-0.05, 0) is 61.5 Å². The number of aryl methyl sites for hydroxylation is 2. The quantitative estimate of drug-likeness (QED) is 0.577. The Labute approximate surface area is 132 Å². The molecule has 0 bridgehead atoms. The molecule has 1 heterocycles. The Morgan fingerprint density at radius 3 is 2.40 bits per heavy atom. The van der Waals surface area contributed by atoms with Crippen LogP contribution in [0.1, 0.15) is 11.1 Å². The van der Waals surface area contributed by atoms with Crippen LogP contribution in [0.3, 0.4) is 0 Å². The fourth-order valence-corrected chi connectivity index (χ4v) is 2.86. The SMILES string of the molecule is Cc1ccc(-n2c(=S)[nH]c3cc(Cl)c(Cl)cc32)cc1C. The van der Waals surface area contributed by atoms with Gasteiger partial charge in [0, 0.05) is 5.69 Å². The molecule has 2 aromatic carbocycles. The van der Waals surface area contributed by atoms with Crippen molar-refractivity contribution in [3.05, 3.63) is 56.3 Å². The van der Waals surface area contributed by atoms with Crippen LogP contribution < -0.4 is 0 Å². The van der Waals surface area contributed by atoms with Crippen molar-refractivity contribution in [1.29, 1.82) is 0 Å². The number of fused-ring (bicyclic) bond motifs is 1. The number of aromatic amines is 1. The number of hydrogen-bond acceptors (Lipinski definition) is 1. The van der Waals surface area contributed by atoms with Crippen LogP contribution in [0.5, 0.6) is 0 Å². The van der Waals surface area contributed by atoms with Crippen molar-refractivity contribution < 1.29 is 0 Å². The monoisotopic (exact) mass is 322 g/mol. The van der Waals surface area contributed by atoms with Gasteiger partial charge in [-0.2, -0.15) is 0 Å². The first-order valence-electron chi connectivity index (χ1n) is 6.15. The van der Waals surface area contributed by atoms with Gasteiger partial charge >= 0.3 is 0 Å². The van der Waals surface area contributed by atoms with Gasteiger partial charge in [-0.25, -0.2) is 0 Å². The van der Waals surface area contributed by atoms with E-state index in [9.17, 15) is 0 Å². The number of benzene rings is 2. The summed E-state index contributed by atoms with van der Waals surface area (Å²) in [4.78, 5) is 3.16. The van der Waals surface area contributed by atoms with Crippen LogP contribution in [0.4, 0.5) is 0 Å². The van der Waals surface area contributed by atoms with E-state index in [1.807, 2.05) is 16.7 Å². The van der Waals surface area contributed by atoms with E-state index < -0.39 is 0 Å². The Morgan fingerprint density at radius 1 is 1.00 bits per heavy atom. The van der Waals surface area contributed by atoms with E-state index in [0.717, 1.165) is 16.7 Å². The zero-order valence-corrected chi connectivity index (χ0v) is 13.3. The van der Waals surface area contributed by atoms with Crippen molar-refractivity contribution in [3.8, 4) is 5.69 Å². The summed E-state index contributed by atoms with van der Waals surface area (Å²) in [5.74, 6) is 0. The normalized spacial score (nSPS) is 11.2. The van der Waals surface area contributed by atoms with Gasteiger partial charge in [0.15, 0.2) is 4.77 Å². The number of rotatable bonds is 1. The third kappa shape index (κ3) is 2.16. The molecular weight excluding hydrogens is 311 g/mol. The summed E-state index contributed by atoms with van der Waals surface area (Å²) in [6.07, 6.45) is 0. The first kappa shape index (κ1) is 13.7. The Balaban J connectivity index is 2.35. The number of imidazole rings is 1. The number of nitrogens with one attached hydrogen (secondary N) is 1. The minimum Gasteiger partial charge on any atom is -0.330 e. The molecule has 5 heteroatoms. The predicted octanol–water partition coefficient (Wildman–Crippen LogP) is 5.61. The van der Waals surface area contributed by atoms with E-state index in [1.165, 1.54) is 11.1 Å². The van der Waals surface area contributed by atoms with Gasteiger partial charge in [-0.1, -0.05) is 29.3 Å². The molecule has 0 atom stereocenters. The van der Waals surface area contributed by atoms with Crippen molar-refractivity contribution in [2.75, 3.05) is 0 Å². The number of hydrogen-bond donors (Lipinski definition) is 1. The molecule has 0 fully saturated rings. The van der Waals surface area contributed by atoms with E-state index in [2.05, 4.69) is 31.0 Å². The standard InChI is InChI=1S/C15H12Cl2N2S/c1-8-3-4-10(5-9(8)2)19-14-7-12(17)11(16)6-13(14)18-15(19)20/h3-7H,1-2H3,(H,18,20). The van der Waals surface area contributed by atoms with Gasteiger partial charge in [-0.3, -0.25) is 4.57 Å². The van der Waals surface area contributed by atoms with Gasteiger partial charge in [0.25, 0.3) is 0 Å². The van der Waals surface area contributed by atoms with Gasteiger partial charge < -0.3 is 4.98 Å². The number of aromatic nitrogens is 2. The van der Waals surface area contributed by atoms with Crippen LogP contribution >= 0.6 is 35.4 Å². The highest BCUT2D eigenvalue weighted by atomic mass is 35.5. The Hall–Kier alpha value is -1.29. The molecule has 3 aromatic rings. The molecule has 1 aromatic heterocycles. The highest BCUT2D eigenvalue weighted by Crippen LogP contribution is 2.29. The molecule has 0 unspecified atom stereocenters. The Bertz CT molecular complexity index is 877. The molecule has 0 aliphatic rings. The predicted molar refractivity (Wildman–Crippen MR) is 88.0 cm³/mol. The molecule has 102 valence electrons. The first-order chi connectivity index (χ1) is 9.47. The zero-order chi connectivity index (χ0) is 14.4. The maximum absolute atomic E-state index is 6.12. The fourth-order valence-electron chi connectivity index (χ4n) is 2.22. The largest absolute Gasteiger partial charge is 0.330 e. The van der Waals surface area contributed by atoms with Crippen LogP contribution in [-0.4, -0.2) is 9.55 Å². The van der Waals surface area contributed by atoms with Crippen LogP contribution in [-0.2, 0) is 0 Å². The lowest BCUT2D eigenvalue weighted by Crippen LogP contribution is -1.95. The smallest absolute Gasteiger partial charge is 0.182 e. The van der Waals surface area contributed by atoms with Gasteiger partial charge in [0.2, 0.25) is 0 Å². The second-order valence-corrected chi connectivity index (χ2v) is 6.02. The van der Waals surface area contributed by atoms with Crippen molar-refractivity contribution in [1.82, 2.24) is 9.55 Å². The van der Waals surface area contributed by atoms with Crippen LogP contribution in [0.2, 0.25) is 10.0 Å². The summed E-state index contributed by atoms with van der Waals surface area (Å²) in [5, 5.41) is 1.04. The molecule has 20 heavy (non-hydrogen) atoms. The maximum Gasteiger partial charge on any atom is 0.182 e. The van der Waals surface area contributed by atoms with Crippen LogP contribution in [0, 0.1) is 18.6 Å². The molecule has 2 nitrogen and oxygen atoms in total. The van der Waals surface area contributed by atoms with E-state index >= 15 is 0 Å². The second-order valence-electron chi connectivity index (χ2n) is 4.82. The molecule has 0 amide bonds. The third-order valence-electron chi connectivity index (χ3n) is 3.47. The third-order valence-corrected chi connectivity index (χ3v) is 4.48. The molecule has 0 saturated carbocycles.